The monoisotopic (exact) mass is 125 g/mol. The molecule has 0 bridgehead atoms. The third kappa shape index (κ3) is 4.81. The number of allylic oxidation sites excluding steroid dienone is 2. The van der Waals surface area contributed by atoms with Crippen LogP contribution in [0.4, 0.5) is 0 Å². The Morgan fingerprint density at radius 1 is 1.67 bits per heavy atom. The summed E-state index contributed by atoms with van der Waals surface area (Å²) < 4.78 is 0. The highest BCUT2D eigenvalue weighted by Gasteiger charge is 1.88. The maximum Gasteiger partial charge on any atom is 0.221 e. The summed E-state index contributed by atoms with van der Waals surface area (Å²) in [7, 11) is 0. The summed E-state index contributed by atoms with van der Waals surface area (Å²) in [6, 6.07) is 0. The molecular formula is C7H11NO. The van der Waals surface area contributed by atoms with E-state index < -0.39 is 0 Å². The Morgan fingerprint density at radius 2 is 2.22 bits per heavy atom. The maximum absolute atomic E-state index is 10.3. The fourth-order valence-corrected chi connectivity index (χ4v) is 0.469. The van der Waals surface area contributed by atoms with Gasteiger partial charge in [-0.2, -0.15) is 0 Å². The summed E-state index contributed by atoms with van der Waals surface area (Å²) in [6.45, 7) is 6.89. The lowest BCUT2D eigenvalue weighted by atomic mass is 10.4. The molecule has 0 fully saturated rings. The van der Waals surface area contributed by atoms with E-state index in [9.17, 15) is 4.79 Å². The van der Waals surface area contributed by atoms with Gasteiger partial charge in [0.15, 0.2) is 0 Å². The van der Waals surface area contributed by atoms with Gasteiger partial charge in [0.1, 0.15) is 0 Å². The Kier molecular flexibility index (Phi) is 3.44. The van der Waals surface area contributed by atoms with Crippen LogP contribution in [-0.2, 0) is 4.79 Å². The van der Waals surface area contributed by atoms with Gasteiger partial charge in [-0.05, 0) is 13.0 Å². The van der Waals surface area contributed by atoms with E-state index in [1.165, 1.54) is 6.92 Å². The Labute approximate surface area is 55.3 Å². The van der Waals surface area contributed by atoms with E-state index in [4.69, 9.17) is 0 Å². The van der Waals surface area contributed by atoms with Crippen molar-refractivity contribution in [3.63, 3.8) is 0 Å². The lowest BCUT2D eigenvalue weighted by Crippen LogP contribution is -2.16. The predicted octanol–water partition coefficient (Wildman–Crippen LogP) is 1.21. The first-order chi connectivity index (χ1) is 4.16. The standard InChI is InChI=1S/C7H11NO/c1-4-5-6(2)8-7(3)9/h4-5H,2H2,1,3H3,(H,8,9)/b5-4-. The number of carbonyl (C=O) groups excluding carboxylic acids is 1. The summed E-state index contributed by atoms with van der Waals surface area (Å²) in [5.41, 5.74) is 0.630. The molecule has 0 heterocycles. The van der Waals surface area contributed by atoms with Crippen LogP contribution in [0, 0.1) is 0 Å². The van der Waals surface area contributed by atoms with Crippen LogP contribution in [0.3, 0.4) is 0 Å². The molecule has 0 saturated heterocycles. The van der Waals surface area contributed by atoms with Crippen LogP contribution < -0.4 is 5.32 Å². The Morgan fingerprint density at radius 3 is 2.56 bits per heavy atom. The van der Waals surface area contributed by atoms with E-state index in [0.717, 1.165) is 0 Å². The third-order valence-electron chi connectivity index (χ3n) is 0.704. The van der Waals surface area contributed by atoms with Gasteiger partial charge < -0.3 is 5.32 Å². The smallest absolute Gasteiger partial charge is 0.221 e. The van der Waals surface area contributed by atoms with Crippen LogP contribution in [0.2, 0.25) is 0 Å². The fraction of sp³-hybridized carbons (Fsp3) is 0.286. The van der Waals surface area contributed by atoms with Gasteiger partial charge in [-0.25, -0.2) is 0 Å². The number of carbonyl (C=O) groups is 1. The molecule has 1 amide bonds. The highest BCUT2D eigenvalue weighted by molar-refractivity contribution is 5.75. The number of nitrogens with one attached hydrogen (secondary N) is 1. The summed E-state index contributed by atoms with van der Waals surface area (Å²) in [4.78, 5) is 10.3. The minimum atomic E-state index is -0.0851. The molecule has 50 valence electrons. The molecule has 0 aromatic heterocycles. The highest BCUT2D eigenvalue weighted by Crippen LogP contribution is 1.84. The second-order valence-electron chi connectivity index (χ2n) is 1.71. The van der Waals surface area contributed by atoms with Gasteiger partial charge >= 0.3 is 0 Å². The van der Waals surface area contributed by atoms with Crippen LogP contribution in [0.15, 0.2) is 24.4 Å². The SMILES string of the molecule is C=C(/C=C\C)NC(C)=O. The van der Waals surface area contributed by atoms with Gasteiger partial charge in [-0.15, -0.1) is 0 Å². The molecule has 0 rings (SSSR count). The molecule has 2 heteroatoms. The number of hydrogen-bond acceptors (Lipinski definition) is 1. The minimum absolute atomic E-state index is 0.0851. The first-order valence-electron chi connectivity index (χ1n) is 2.76. The van der Waals surface area contributed by atoms with Crippen molar-refractivity contribution in [2.75, 3.05) is 0 Å². The molecule has 0 atom stereocenters. The summed E-state index contributed by atoms with van der Waals surface area (Å²) >= 11 is 0. The first-order valence-corrected chi connectivity index (χ1v) is 2.76. The largest absolute Gasteiger partial charge is 0.327 e. The van der Waals surface area contributed by atoms with Gasteiger partial charge in [0, 0.05) is 12.6 Å². The van der Waals surface area contributed by atoms with Crippen molar-refractivity contribution >= 4 is 5.91 Å². The van der Waals surface area contributed by atoms with Crippen LogP contribution in [0.5, 0.6) is 0 Å². The summed E-state index contributed by atoms with van der Waals surface area (Å²) in [5.74, 6) is -0.0851. The molecule has 0 saturated carbocycles. The van der Waals surface area contributed by atoms with Crippen LogP contribution in [0.1, 0.15) is 13.8 Å². The molecular weight excluding hydrogens is 114 g/mol. The normalized spacial score (nSPS) is 9.56. The van der Waals surface area contributed by atoms with Gasteiger partial charge in [0.25, 0.3) is 0 Å². The number of hydrogen-bond donors (Lipinski definition) is 1. The van der Waals surface area contributed by atoms with Gasteiger partial charge in [0.2, 0.25) is 5.91 Å². The van der Waals surface area contributed by atoms with Gasteiger partial charge in [-0.1, -0.05) is 12.7 Å². The number of amides is 1. The zero-order chi connectivity index (χ0) is 7.28. The van der Waals surface area contributed by atoms with Crippen molar-refractivity contribution in [1.82, 2.24) is 5.32 Å². The molecule has 0 spiro atoms. The highest BCUT2D eigenvalue weighted by atomic mass is 16.1. The van der Waals surface area contributed by atoms with E-state index in [0.29, 0.717) is 5.70 Å². The van der Waals surface area contributed by atoms with Gasteiger partial charge in [-0.3, -0.25) is 4.79 Å². The molecule has 9 heavy (non-hydrogen) atoms. The third-order valence-corrected chi connectivity index (χ3v) is 0.704. The molecule has 0 radical (unpaired) electrons. The molecule has 1 N–H and O–H groups in total. The van der Waals surface area contributed by atoms with Crippen molar-refractivity contribution in [2.24, 2.45) is 0 Å². The van der Waals surface area contributed by atoms with Crippen molar-refractivity contribution in [1.29, 1.82) is 0 Å². The summed E-state index contributed by atoms with van der Waals surface area (Å²) in [6.07, 6.45) is 3.56. The maximum atomic E-state index is 10.3. The number of rotatable bonds is 2. The average Bonchev–Trinajstić information content (AvgIpc) is 1.63. The minimum Gasteiger partial charge on any atom is -0.327 e. The zero-order valence-electron chi connectivity index (χ0n) is 5.77. The molecule has 0 unspecified atom stereocenters. The Bertz CT molecular complexity index is 147. The molecule has 0 aliphatic rings. The Balaban J connectivity index is 3.64. The van der Waals surface area contributed by atoms with E-state index >= 15 is 0 Å². The van der Waals surface area contributed by atoms with E-state index in [-0.39, 0.29) is 5.91 Å². The van der Waals surface area contributed by atoms with Gasteiger partial charge in [0.05, 0.1) is 0 Å². The predicted molar refractivity (Wildman–Crippen MR) is 37.8 cm³/mol. The molecule has 0 aliphatic heterocycles. The average molecular weight is 125 g/mol. The molecule has 2 nitrogen and oxygen atoms in total. The van der Waals surface area contributed by atoms with Crippen molar-refractivity contribution < 1.29 is 4.79 Å². The Hall–Kier alpha value is -1.05. The van der Waals surface area contributed by atoms with Crippen LogP contribution in [0.25, 0.3) is 0 Å². The summed E-state index contributed by atoms with van der Waals surface area (Å²) in [5, 5.41) is 2.52. The van der Waals surface area contributed by atoms with E-state index in [2.05, 4.69) is 11.9 Å². The van der Waals surface area contributed by atoms with Crippen LogP contribution in [-0.4, -0.2) is 5.91 Å². The zero-order valence-corrected chi connectivity index (χ0v) is 5.77. The van der Waals surface area contributed by atoms with E-state index in [1.54, 1.807) is 6.08 Å². The van der Waals surface area contributed by atoms with E-state index in [1.807, 2.05) is 13.0 Å². The fourth-order valence-electron chi connectivity index (χ4n) is 0.469. The van der Waals surface area contributed by atoms with Crippen molar-refractivity contribution in [3.05, 3.63) is 24.4 Å². The topological polar surface area (TPSA) is 29.1 Å². The van der Waals surface area contributed by atoms with Crippen LogP contribution >= 0.6 is 0 Å². The lowest BCUT2D eigenvalue weighted by molar-refractivity contribution is -0.118. The molecule has 0 aliphatic carbocycles. The second-order valence-corrected chi connectivity index (χ2v) is 1.71. The quantitative estimate of drug-likeness (QED) is 0.552. The first kappa shape index (κ1) is 7.95. The molecule has 0 aromatic carbocycles. The second kappa shape index (κ2) is 3.89. The molecule has 0 aromatic rings. The lowest BCUT2D eigenvalue weighted by Gasteiger charge is -1.96. The van der Waals surface area contributed by atoms with Crippen molar-refractivity contribution in [3.8, 4) is 0 Å². The van der Waals surface area contributed by atoms with Crippen molar-refractivity contribution in [2.45, 2.75) is 13.8 Å².